The second-order valence-electron chi connectivity index (χ2n) is 3.82. The number of nitriles is 1. The molecule has 1 unspecified atom stereocenters. The van der Waals surface area contributed by atoms with Crippen LogP contribution in [0.1, 0.15) is 5.56 Å². The molecule has 19 heavy (non-hydrogen) atoms. The Morgan fingerprint density at radius 3 is 2.95 bits per heavy atom. The van der Waals surface area contributed by atoms with E-state index >= 15 is 0 Å². The van der Waals surface area contributed by atoms with Gasteiger partial charge in [0, 0.05) is 4.47 Å². The third kappa shape index (κ3) is 3.25. The number of carbonyl (C=O) groups is 1. The van der Waals surface area contributed by atoms with Crippen LogP contribution >= 0.6 is 27.5 Å². The summed E-state index contributed by atoms with van der Waals surface area (Å²) in [6.07, 6.45) is -0.664. The molecule has 1 atom stereocenters. The molecule has 1 saturated heterocycles. The highest BCUT2D eigenvalue weighted by Gasteiger charge is 2.24. The first-order chi connectivity index (χ1) is 9.13. The van der Waals surface area contributed by atoms with Crippen molar-refractivity contribution in [2.24, 2.45) is 0 Å². The number of amides is 1. The van der Waals surface area contributed by atoms with E-state index in [4.69, 9.17) is 26.3 Å². The first-order valence-electron chi connectivity index (χ1n) is 5.52. The number of carbonyl (C=O) groups excluding carboxylic acids is 1. The summed E-state index contributed by atoms with van der Waals surface area (Å²) in [4.78, 5) is 12.0. The van der Waals surface area contributed by atoms with Crippen molar-refractivity contribution >= 4 is 39.1 Å². The number of nitrogens with zero attached hydrogens (tertiary/aromatic N) is 1. The highest BCUT2D eigenvalue weighted by Crippen LogP contribution is 2.31. The molecule has 1 aromatic rings. The lowest BCUT2D eigenvalue weighted by molar-refractivity contribution is -0.142. The summed E-state index contributed by atoms with van der Waals surface area (Å²) in [7, 11) is 0. The van der Waals surface area contributed by atoms with Gasteiger partial charge in [0.1, 0.15) is 6.07 Å². The van der Waals surface area contributed by atoms with Crippen LogP contribution in [0.5, 0.6) is 0 Å². The van der Waals surface area contributed by atoms with Gasteiger partial charge in [-0.2, -0.15) is 5.26 Å². The number of hydrogen-bond donors (Lipinski definition) is 1. The maximum absolute atomic E-state index is 12.0. The fraction of sp³-hybridized carbons (Fsp3) is 0.333. The Bertz CT molecular complexity index is 539. The molecule has 7 heteroatoms. The Hall–Kier alpha value is -1.13. The lowest BCUT2D eigenvalue weighted by Gasteiger charge is -2.22. The van der Waals surface area contributed by atoms with Gasteiger partial charge in [0.15, 0.2) is 6.10 Å². The summed E-state index contributed by atoms with van der Waals surface area (Å²) >= 11 is 9.21. The van der Waals surface area contributed by atoms with Crippen molar-refractivity contribution in [2.75, 3.05) is 25.1 Å². The van der Waals surface area contributed by atoms with Crippen LogP contribution in [0.4, 0.5) is 5.69 Å². The molecule has 0 spiro atoms. The predicted octanol–water partition coefficient (Wildman–Crippen LogP) is 2.33. The maximum atomic E-state index is 12.0. The summed E-state index contributed by atoms with van der Waals surface area (Å²) in [5, 5.41) is 12.0. The fourth-order valence-electron chi connectivity index (χ4n) is 1.62. The molecule has 1 amide bonds. The van der Waals surface area contributed by atoms with E-state index in [-0.39, 0.29) is 23.1 Å². The molecular weight excluding hydrogens is 336 g/mol. The number of hydrogen-bond acceptors (Lipinski definition) is 4. The van der Waals surface area contributed by atoms with Gasteiger partial charge in [-0.1, -0.05) is 11.6 Å². The quantitative estimate of drug-likeness (QED) is 0.893. The van der Waals surface area contributed by atoms with Crippen molar-refractivity contribution in [3.05, 3.63) is 27.2 Å². The summed E-state index contributed by atoms with van der Waals surface area (Å²) in [5.74, 6) is -0.352. The molecule has 0 saturated carbocycles. The number of halogens is 2. The molecule has 1 aromatic carbocycles. The van der Waals surface area contributed by atoms with Gasteiger partial charge >= 0.3 is 0 Å². The molecule has 1 aliphatic rings. The van der Waals surface area contributed by atoms with E-state index in [9.17, 15) is 4.79 Å². The third-order valence-corrected chi connectivity index (χ3v) is 3.85. The minimum Gasteiger partial charge on any atom is -0.376 e. The second-order valence-corrected chi connectivity index (χ2v) is 5.05. The number of benzene rings is 1. The molecule has 5 nitrogen and oxygen atoms in total. The molecule has 2 rings (SSSR count). The molecule has 1 heterocycles. The standard InChI is InChI=1S/C12H10BrClN2O3/c13-8-1-2-9(7(5-15)11(8)14)16-12(17)10-6-18-3-4-19-10/h1-2,10H,3-4,6H2,(H,16,17). The summed E-state index contributed by atoms with van der Waals surface area (Å²) < 4.78 is 11.0. The topological polar surface area (TPSA) is 71.4 Å². The van der Waals surface area contributed by atoms with Gasteiger partial charge in [-0.05, 0) is 28.1 Å². The maximum Gasteiger partial charge on any atom is 0.255 e. The Morgan fingerprint density at radius 2 is 2.32 bits per heavy atom. The molecular formula is C12H10BrClN2O3. The number of nitrogens with one attached hydrogen (secondary N) is 1. The Labute approximate surface area is 123 Å². The highest BCUT2D eigenvalue weighted by molar-refractivity contribution is 9.10. The van der Waals surface area contributed by atoms with Crippen LogP contribution in [0, 0.1) is 11.3 Å². The normalized spacial score (nSPS) is 18.7. The highest BCUT2D eigenvalue weighted by atomic mass is 79.9. The summed E-state index contributed by atoms with van der Waals surface area (Å²) in [5.41, 5.74) is 0.566. The largest absolute Gasteiger partial charge is 0.376 e. The fourth-order valence-corrected chi connectivity index (χ4v) is 2.15. The monoisotopic (exact) mass is 344 g/mol. The average molecular weight is 346 g/mol. The molecule has 1 aliphatic heterocycles. The van der Waals surface area contributed by atoms with Gasteiger partial charge in [-0.3, -0.25) is 4.79 Å². The van der Waals surface area contributed by atoms with Crippen molar-refractivity contribution in [1.29, 1.82) is 5.26 Å². The van der Waals surface area contributed by atoms with Crippen molar-refractivity contribution in [2.45, 2.75) is 6.10 Å². The van der Waals surface area contributed by atoms with Gasteiger partial charge in [0.25, 0.3) is 5.91 Å². The molecule has 0 aromatic heterocycles. The van der Waals surface area contributed by atoms with Crippen LogP contribution < -0.4 is 5.32 Å². The Kier molecular flexibility index (Phi) is 4.77. The van der Waals surface area contributed by atoms with Gasteiger partial charge in [-0.25, -0.2) is 0 Å². The van der Waals surface area contributed by atoms with E-state index in [1.807, 2.05) is 6.07 Å². The zero-order valence-corrected chi connectivity index (χ0v) is 12.1. The zero-order chi connectivity index (χ0) is 13.8. The number of ether oxygens (including phenoxy) is 2. The van der Waals surface area contributed by atoms with Crippen molar-refractivity contribution in [1.82, 2.24) is 0 Å². The molecule has 0 bridgehead atoms. The molecule has 0 radical (unpaired) electrons. The van der Waals surface area contributed by atoms with E-state index < -0.39 is 6.10 Å². The first-order valence-corrected chi connectivity index (χ1v) is 6.69. The van der Waals surface area contributed by atoms with Crippen molar-refractivity contribution < 1.29 is 14.3 Å². The Morgan fingerprint density at radius 1 is 1.53 bits per heavy atom. The van der Waals surface area contributed by atoms with Crippen LogP contribution in [0.25, 0.3) is 0 Å². The lowest BCUT2D eigenvalue weighted by Crippen LogP contribution is -2.39. The van der Waals surface area contributed by atoms with E-state index in [1.165, 1.54) is 0 Å². The molecule has 0 aliphatic carbocycles. The van der Waals surface area contributed by atoms with Crippen molar-refractivity contribution in [3.63, 3.8) is 0 Å². The minimum atomic E-state index is -0.664. The Balaban J connectivity index is 2.17. The van der Waals surface area contributed by atoms with Gasteiger partial charge < -0.3 is 14.8 Å². The van der Waals surface area contributed by atoms with Crippen LogP contribution in [0.3, 0.4) is 0 Å². The van der Waals surface area contributed by atoms with E-state index in [0.29, 0.717) is 23.4 Å². The van der Waals surface area contributed by atoms with Crippen molar-refractivity contribution in [3.8, 4) is 6.07 Å². The summed E-state index contributed by atoms with van der Waals surface area (Å²) in [6, 6.07) is 5.24. The van der Waals surface area contributed by atoms with Gasteiger partial charge in [0.2, 0.25) is 0 Å². The van der Waals surface area contributed by atoms with Gasteiger partial charge in [-0.15, -0.1) is 0 Å². The number of rotatable bonds is 2. The van der Waals surface area contributed by atoms with E-state index in [2.05, 4.69) is 21.2 Å². The third-order valence-electron chi connectivity index (χ3n) is 2.57. The SMILES string of the molecule is N#Cc1c(NC(=O)C2COCCO2)ccc(Br)c1Cl. The predicted molar refractivity (Wildman–Crippen MR) is 73.1 cm³/mol. The van der Waals surface area contributed by atoms with Crippen LogP contribution in [0.2, 0.25) is 5.02 Å². The molecule has 1 fully saturated rings. The molecule has 100 valence electrons. The lowest BCUT2D eigenvalue weighted by atomic mass is 10.2. The van der Waals surface area contributed by atoms with E-state index in [1.54, 1.807) is 12.1 Å². The number of anilines is 1. The second kappa shape index (κ2) is 6.35. The van der Waals surface area contributed by atoms with E-state index in [0.717, 1.165) is 0 Å². The first kappa shape index (κ1) is 14.3. The van der Waals surface area contributed by atoms with Crippen LogP contribution in [0.15, 0.2) is 16.6 Å². The van der Waals surface area contributed by atoms with Crippen LogP contribution in [-0.2, 0) is 14.3 Å². The average Bonchev–Trinajstić information content (AvgIpc) is 2.44. The van der Waals surface area contributed by atoms with Gasteiger partial charge in [0.05, 0.1) is 36.1 Å². The minimum absolute atomic E-state index is 0.206. The smallest absolute Gasteiger partial charge is 0.255 e. The molecule has 1 N–H and O–H groups in total. The summed E-state index contributed by atoms with van der Waals surface area (Å²) in [6.45, 7) is 1.07. The zero-order valence-electron chi connectivity index (χ0n) is 9.78. The van der Waals surface area contributed by atoms with Crippen LogP contribution in [-0.4, -0.2) is 31.8 Å².